The Morgan fingerprint density at radius 1 is 1.27 bits per heavy atom. The molecule has 1 N–H and O–H groups in total. The van der Waals surface area contributed by atoms with Crippen molar-refractivity contribution in [2.24, 2.45) is 0 Å². The van der Waals surface area contributed by atoms with E-state index in [0.717, 1.165) is 5.56 Å². The second kappa shape index (κ2) is 5.51. The predicted molar refractivity (Wildman–Crippen MR) is 61.6 cm³/mol. The third kappa shape index (κ3) is 4.61. The molecule has 1 aromatic rings. The third-order valence-corrected chi connectivity index (χ3v) is 2.07. The van der Waals surface area contributed by atoms with Gasteiger partial charge in [0.25, 0.3) is 0 Å². The number of hydrogen-bond acceptors (Lipinski definition) is 2. The maximum absolute atomic E-state index is 11.3. The van der Waals surface area contributed by atoms with Crippen LogP contribution in [0.1, 0.15) is 11.1 Å². The highest BCUT2D eigenvalue weighted by molar-refractivity contribution is 5.77. The molecule has 0 radical (unpaired) electrons. The van der Waals surface area contributed by atoms with Gasteiger partial charge in [-0.05, 0) is 26.6 Å². The second-order valence-corrected chi connectivity index (χ2v) is 4.00. The Bertz CT molecular complexity index is 317. The van der Waals surface area contributed by atoms with Crippen LogP contribution in [0.2, 0.25) is 0 Å². The fourth-order valence-corrected chi connectivity index (χ4v) is 1.25. The summed E-state index contributed by atoms with van der Waals surface area (Å²) in [4.78, 5) is 13.2. The summed E-state index contributed by atoms with van der Waals surface area (Å²) in [6.45, 7) is 3.09. The van der Waals surface area contributed by atoms with Gasteiger partial charge in [-0.1, -0.05) is 29.8 Å². The number of aryl methyl sites for hydroxylation is 1. The average Bonchev–Trinajstić information content (AvgIpc) is 2.16. The first-order valence-corrected chi connectivity index (χ1v) is 5.05. The summed E-state index contributed by atoms with van der Waals surface area (Å²) < 4.78 is 0. The molecule has 0 bridgehead atoms. The number of nitrogens with one attached hydrogen (secondary N) is 1. The van der Waals surface area contributed by atoms with Gasteiger partial charge < -0.3 is 10.2 Å². The van der Waals surface area contributed by atoms with Gasteiger partial charge in [0.05, 0.1) is 6.54 Å². The normalized spacial score (nSPS) is 10.4. The van der Waals surface area contributed by atoms with Crippen molar-refractivity contribution in [3.8, 4) is 0 Å². The van der Waals surface area contributed by atoms with E-state index in [2.05, 4.69) is 12.2 Å². The first-order valence-electron chi connectivity index (χ1n) is 5.05. The summed E-state index contributed by atoms with van der Waals surface area (Å²) in [7, 11) is 3.76. The van der Waals surface area contributed by atoms with Crippen LogP contribution in [0, 0.1) is 6.92 Å². The molecule has 0 aliphatic rings. The summed E-state index contributed by atoms with van der Waals surface area (Å²) in [5.74, 6) is 0.0561. The number of amides is 1. The number of benzene rings is 1. The lowest BCUT2D eigenvalue weighted by atomic mass is 10.1. The van der Waals surface area contributed by atoms with E-state index in [1.165, 1.54) is 5.56 Å². The van der Waals surface area contributed by atoms with Gasteiger partial charge >= 0.3 is 0 Å². The summed E-state index contributed by atoms with van der Waals surface area (Å²) in [5.41, 5.74) is 2.37. The molecule has 0 atom stereocenters. The van der Waals surface area contributed by atoms with Crippen molar-refractivity contribution < 1.29 is 4.79 Å². The van der Waals surface area contributed by atoms with Gasteiger partial charge in [0.2, 0.25) is 5.91 Å². The first-order chi connectivity index (χ1) is 7.08. The minimum atomic E-state index is 0.0561. The number of rotatable bonds is 4. The molecule has 0 saturated carbocycles. The fourth-order valence-electron chi connectivity index (χ4n) is 1.25. The molecule has 1 rings (SSSR count). The molecule has 1 amide bonds. The molecule has 3 nitrogen and oxygen atoms in total. The van der Waals surface area contributed by atoms with E-state index in [1.54, 1.807) is 0 Å². The molecule has 0 spiro atoms. The zero-order valence-electron chi connectivity index (χ0n) is 9.58. The Labute approximate surface area is 91.1 Å². The molecule has 15 heavy (non-hydrogen) atoms. The molecule has 0 fully saturated rings. The number of nitrogens with zero attached hydrogens (tertiary/aromatic N) is 1. The van der Waals surface area contributed by atoms with Crippen molar-refractivity contribution in [3.63, 3.8) is 0 Å². The van der Waals surface area contributed by atoms with E-state index in [9.17, 15) is 4.79 Å². The number of hydrogen-bond donors (Lipinski definition) is 1. The van der Waals surface area contributed by atoms with E-state index in [-0.39, 0.29) is 5.91 Å². The molecular weight excluding hydrogens is 188 g/mol. The Morgan fingerprint density at radius 2 is 1.87 bits per heavy atom. The summed E-state index contributed by atoms with van der Waals surface area (Å²) in [6.07, 6.45) is 0. The van der Waals surface area contributed by atoms with Gasteiger partial charge in [-0.15, -0.1) is 0 Å². The highest BCUT2D eigenvalue weighted by Gasteiger charge is 2.01. The molecule has 3 heteroatoms. The van der Waals surface area contributed by atoms with Crippen molar-refractivity contribution in [2.45, 2.75) is 13.5 Å². The van der Waals surface area contributed by atoms with Crippen LogP contribution < -0.4 is 5.32 Å². The lowest BCUT2D eigenvalue weighted by Gasteiger charge is -2.10. The SMILES string of the molecule is Cc1ccc(CNC(=O)CN(C)C)cc1. The van der Waals surface area contributed by atoms with Crippen molar-refractivity contribution in [1.82, 2.24) is 10.2 Å². The lowest BCUT2D eigenvalue weighted by molar-refractivity contribution is -0.121. The molecule has 1 aromatic carbocycles. The van der Waals surface area contributed by atoms with Crippen molar-refractivity contribution in [3.05, 3.63) is 35.4 Å². The molecule has 82 valence electrons. The van der Waals surface area contributed by atoms with E-state index >= 15 is 0 Å². The Hall–Kier alpha value is -1.35. The van der Waals surface area contributed by atoms with Gasteiger partial charge in [-0.25, -0.2) is 0 Å². The fraction of sp³-hybridized carbons (Fsp3) is 0.417. The van der Waals surface area contributed by atoms with Crippen LogP contribution in [-0.2, 0) is 11.3 Å². The third-order valence-electron chi connectivity index (χ3n) is 2.07. The van der Waals surface area contributed by atoms with Gasteiger partial charge in [0.15, 0.2) is 0 Å². The Balaban J connectivity index is 2.37. The monoisotopic (exact) mass is 206 g/mol. The minimum Gasteiger partial charge on any atom is -0.351 e. The summed E-state index contributed by atoms with van der Waals surface area (Å²) in [5, 5.41) is 2.87. The maximum Gasteiger partial charge on any atom is 0.234 e. The highest BCUT2D eigenvalue weighted by atomic mass is 16.1. The molecule has 0 unspecified atom stereocenters. The van der Waals surface area contributed by atoms with Crippen LogP contribution in [0.5, 0.6) is 0 Å². The van der Waals surface area contributed by atoms with E-state index < -0.39 is 0 Å². The van der Waals surface area contributed by atoms with Crippen molar-refractivity contribution in [2.75, 3.05) is 20.6 Å². The first kappa shape index (κ1) is 11.7. The topological polar surface area (TPSA) is 32.3 Å². The number of carbonyl (C=O) groups excluding carboxylic acids is 1. The van der Waals surface area contributed by atoms with Crippen LogP contribution in [0.4, 0.5) is 0 Å². The summed E-state index contributed by atoms with van der Waals surface area (Å²) >= 11 is 0. The van der Waals surface area contributed by atoms with Crippen molar-refractivity contribution in [1.29, 1.82) is 0 Å². The largest absolute Gasteiger partial charge is 0.351 e. The van der Waals surface area contributed by atoms with Gasteiger partial charge in [0.1, 0.15) is 0 Å². The number of likely N-dealkylation sites (N-methyl/N-ethyl adjacent to an activating group) is 1. The van der Waals surface area contributed by atoms with E-state index in [0.29, 0.717) is 13.1 Å². The molecule has 0 aromatic heterocycles. The van der Waals surface area contributed by atoms with Crippen LogP contribution in [0.15, 0.2) is 24.3 Å². The average molecular weight is 206 g/mol. The second-order valence-electron chi connectivity index (χ2n) is 4.00. The predicted octanol–water partition coefficient (Wildman–Crippen LogP) is 1.17. The van der Waals surface area contributed by atoms with E-state index in [4.69, 9.17) is 0 Å². The number of carbonyl (C=O) groups is 1. The molecule has 0 aliphatic carbocycles. The molecule has 0 saturated heterocycles. The molecular formula is C12H18N2O. The smallest absolute Gasteiger partial charge is 0.234 e. The van der Waals surface area contributed by atoms with Crippen LogP contribution >= 0.6 is 0 Å². The maximum atomic E-state index is 11.3. The van der Waals surface area contributed by atoms with Gasteiger partial charge in [0, 0.05) is 6.54 Å². The zero-order chi connectivity index (χ0) is 11.3. The highest BCUT2D eigenvalue weighted by Crippen LogP contribution is 2.02. The van der Waals surface area contributed by atoms with E-state index in [1.807, 2.05) is 43.3 Å². The van der Waals surface area contributed by atoms with Crippen LogP contribution in [0.25, 0.3) is 0 Å². The van der Waals surface area contributed by atoms with Crippen molar-refractivity contribution >= 4 is 5.91 Å². The lowest BCUT2D eigenvalue weighted by Crippen LogP contribution is -2.32. The van der Waals surface area contributed by atoms with Crippen LogP contribution in [0.3, 0.4) is 0 Å². The molecule has 0 heterocycles. The quantitative estimate of drug-likeness (QED) is 0.802. The van der Waals surface area contributed by atoms with Gasteiger partial charge in [-0.3, -0.25) is 4.79 Å². The summed E-state index contributed by atoms with van der Waals surface area (Å²) in [6, 6.07) is 8.16. The zero-order valence-corrected chi connectivity index (χ0v) is 9.58. The Morgan fingerprint density at radius 3 is 2.40 bits per heavy atom. The van der Waals surface area contributed by atoms with Crippen LogP contribution in [-0.4, -0.2) is 31.4 Å². The molecule has 0 aliphatic heterocycles. The van der Waals surface area contributed by atoms with Gasteiger partial charge in [-0.2, -0.15) is 0 Å². The Kier molecular flexibility index (Phi) is 4.31. The standard InChI is InChI=1S/C12H18N2O/c1-10-4-6-11(7-5-10)8-13-12(15)9-14(2)3/h4-7H,8-9H2,1-3H3,(H,13,15). The minimum absolute atomic E-state index is 0.0561.